The lowest BCUT2D eigenvalue weighted by atomic mass is 10.0. The van der Waals surface area contributed by atoms with Crippen molar-refractivity contribution in [1.29, 1.82) is 0 Å². The van der Waals surface area contributed by atoms with E-state index < -0.39 is 0 Å². The molecule has 0 saturated heterocycles. The Morgan fingerprint density at radius 3 is 2.39 bits per heavy atom. The van der Waals surface area contributed by atoms with E-state index >= 15 is 0 Å². The van der Waals surface area contributed by atoms with E-state index in [1.807, 2.05) is 24.3 Å². The molecular formula is C18H24N4O. The van der Waals surface area contributed by atoms with Gasteiger partial charge in [0.25, 0.3) is 5.91 Å². The predicted molar refractivity (Wildman–Crippen MR) is 93.8 cm³/mol. The van der Waals surface area contributed by atoms with Crippen molar-refractivity contribution in [3.63, 3.8) is 0 Å². The molecule has 0 radical (unpaired) electrons. The Labute approximate surface area is 137 Å². The topological polar surface area (TPSA) is 66.9 Å². The summed E-state index contributed by atoms with van der Waals surface area (Å²) >= 11 is 0. The van der Waals surface area contributed by atoms with Crippen molar-refractivity contribution in [1.82, 2.24) is 9.97 Å². The Morgan fingerprint density at radius 2 is 1.78 bits per heavy atom. The Kier molecular flexibility index (Phi) is 5.68. The number of aromatic nitrogens is 2. The number of carbonyl (C=O) groups is 1. The van der Waals surface area contributed by atoms with Gasteiger partial charge in [-0.05, 0) is 35.6 Å². The van der Waals surface area contributed by atoms with Crippen LogP contribution in [0, 0.1) is 5.92 Å². The number of nitrogens with one attached hydrogen (secondary N) is 2. The number of nitrogens with zero attached hydrogens (tertiary/aromatic N) is 2. The van der Waals surface area contributed by atoms with Gasteiger partial charge in [0.2, 0.25) is 5.95 Å². The van der Waals surface area contributed by atoms with Crippen LogP contribution >= 0.6 is 0 Å². The van der Waals surface area contributed by atoms with Crippen LogP contribution in [0.25, 0.3) is 0 Å². The highest BCUT2D eigenvalue weighted by Gasteiger charge is 2.10. The highest BCUT2D eigenvalue weighted by atomic mass is 16.1. The van der Waals surface area contributed by atoms with E-state index in [0.29, 0.717) is 23.5 Å². The maximum atomic E-state index is 12.3. The van der Waals surface area contributed by atoms with E-state index in [2.05, 4.69) is 48.3 Å². The second-order valence-electron chi connectivity index (χ2n) is 6.27. The second-order valence-corrected chi connectivity index (χ2v) is 6.27. The molecule has 2 rings (SSSR count). The molecule has 1 aromatic heterocycles. The first-order valence-corrected chi connectivity index (χ1v) is 7.94. The minimum atomic E-state index is -0.239. The quantitative estimate of drug-likeness (QED) is 0.848. The number of benzene rings is 1. The number of hydrogen-bond acceptors (Lipinski definition) is 4. The first-order valence-electron chi connectivity index (χ1n) is 7.94. The molecule has 1 aromatic carbocycles. The zero-order valence-corrected chi connectivity index (χ0v) is 14.1. The fourth-order valence-electron chi connectivity index (χ4n) is 2.01. The normalized spacial score (nSPS) is 10.9. The van der Waals surface area contributed by atoms with E-state index in [-0.39, 0.29) is 5.91 Å². The Balaban J connectivity index is 2.04. The molecule has 0 bridgehead atoms. The monoisotopic (exact) mass is 312 g/mol. The van der Waals surface area contributed by atoms with E-state index in [1.165, 1.54) is 5.56 Å². The van der Waals surface area contributed by atoms with Gasteiger partial charge in [0.1, 0.15) is 5.69 Å². The Bertz CT molecular complexity index is 650. The molecule has 5 nitrogen and oxygen atoms in total. The number of hydrogen-bond donors (Lipinski definition) is 2. The smallest absolute Gasteiger partial charge is 0.274 e. The molecule has 2 N–H and O–H groups in total. The molecule has 0 unspecified atom stereocenters. The molecule has 0 spiro atoms. The van der Waals surface area contributed by atoms with Gasteiger partial charge in [-0.3, -0.25) is 4.79 Å². The van der Waals surface area contributed by atoms with Crippen LogP contribution in [0.3, 0.4) is 0 Å². The van der Waals surface area contributed by atoms with Crippen molar-refractivity contribution in [3.8, 4) is 0 Å². The summed E-state index contributed by atoms with van der Waals surface area (Å²) in [6.45, 7) is 9.25. The van der Waals surface area contributed by atoms with Gasteiger partial charge in [0.05, 0.1) is 0 Å². The van der Waals surface area contributed by atoms with Crippen LogP contribution in [0.15, 0.2) is 36.5 Å². The minimum absolute atomic E-state index is 0.239. The lowest BCUT2D eigenvalue weighted by Gasteiger charge is -2.10. The summed E-state index contributed by atoms with van der Waals surface area (Å²) in [4.78, 5) is 20.7. The summed E-state index contributed by atoms with van der Waals surface area (Å²) < 4.78 is 0. The molecule has 0 aliphatic carbocycles. The van der Waals surface area contributed by atoms with Crippen molar-refractivity contribution in [2.45, 2.75) is 33.6 Å². The maximum Gasteiger partial charge on any atom is 0.274 e. The van der Waals surface area contributed by atoms with Crippen LogP contribution < -0.4 is 10.6 Å². The standard InChI is InChI=1S/C18H24N4O/c1-12(2)11-20-18-19-10-9-16(22-18)17(23)21-15-7-5-14(6-8-15)13(3)4/h5-10,12-13H,11H2,1-4H3,(H,21,23)(H,19,20,22). The van der Waals surface area contributed by atoms with Crippen molar-refractivity contribution < 1.29 is 4.79 Å². The molecule has 2 aromatic rings. The number of rotatable bonds is 6. The lowest BCUT2D eigenvalue weighted by molar-refractivity contribution is 0.102. The van der Waals surface area contributed by atoms with E-state index in [9.17, 15) is 4.79 Å². The molecule has 5 heteroatoms. The van der Waals surface area contributed by atoms with Crippen LogP contribution in [0.5, 0.6) is 0 Å². The summed E-state index contributed by atoms with van der Waals surface area (Å²) in [5, 5.41) is 5.98. The van der Waals surface area contributed by atoms with Crippen molar-refractivity contribution in [2.75, 3.05) is 17.2 Å². The number of amides is 1. The average molecular weight is 312 g/mol. The maximum absolute atomic E-state index is 12.3. The SMILES string of the molecule is CC(C)CNc1nccc(C(=O)Nc2ccc(C(C)C)cc2)n1. The van der Waals surface area contributed by atoms with Gasteiger partial charge >= 0.3 is 0 Å². The van der Waals surface area contributed by atoms with E-state index in [1.54, 1.807) is 12.3 Å². The van der Waals surface area contributed by atoms with Crippen molar-refractivity contribution in [2.24, 2.45) is 5.92 Å². The van der Waals surface area contributed by atoms with Gasteiger partial charge in [-0.1, -0.05) is 39.8 Å². The zero-order chi connectivity index (χ0) is 16.8. The number of carbonyl (C=O) groups excluding carboxylic acids is 1. The Hall–Kier alpha value is -2.43. The van der Waals surface area contributed by atoms with Gasteiger partial charge in [0, 0.05) is 18.4 Å². The van der Waals surface area contributed by atoms with Crippen molar-refractivity contribution in [3.05, 3.63) is 47.8 Å². The molecule has 0 fully saturated rings. The zero-order valence-electron chi connectivity index (χ0n) is 14.1. The molecule has 122 valence electrons. The van der Waals surface area contributed by atoms with E-state index in [4.69, 9.17) is 0 Å². The molecule has 0 atom stereocenters. The third-order valence-corrected chi connectivity index (χ3v) is 3.39. The van der Waals surface area contributed by atoms with Gasteiger partial charge < -0.3 is 10.6 Å². The predicted octanol–water partition coefficient (Wildman–Crippen LogP) is 3.92. The molecule has 1 heterocycles. The van der Waals surface area contributed by atoms with E-state index in [0.717, 1.165) is 12.2 Å². The summed E-state index contributed by atoms with van der Waals surface area (Å²) in [6, 6.07) is 9.48. The second kappa shape index (κ2) is 7.72. The average Bonchev–Trinajstić information content (AvgIpc) is 2.53. The van der Waals surface area contributed by atoms with Gasteiger partial charge in [0.15, 0.2) is 0 Å². The summed E-state index contributed by atoms with van der Waals surface area (Å²) in [7, 11) is 0. The molecule has 23 heavy (non-hydrogen) atoms. The number of anilines is 2. The Morgan fingerprint density at radius 1 is 1.09 bits per heavy atom. The highest BCUT2D eigenvalue weighted by molar-refractivity contribution is 6.02. The molecular weight excluding hydrogens is 288 g/mol. The summed E-state index contributed by atoms with van der Waals surface area (Å²) in [6.07, 6.45) is 1.59. The summed E-state index contributed by atoms with van der Waals surface area (Å²) in [5.74, 6) is 1.19. The molecule has 0 aliphatic rings. The van der Waals surface area contributed by atoms with Crippen molar-refractivity contribution >= 4 is 17.5 Å². The first kappa shape index (κ1) is 16.9. The van der Waals surface area contributed by atoms with Crippen LogP contribution in [-0.4, -0.2) is 22.4 Å². The fourth-order valence-corrected chi connectivity index (χ4v) is 2.01. The third-order valence-electron chi connectivity index (χ3n) is 3.39. The van der Waals surface area contributed by atoms with Crippen LogP contribution in [0.4, 0.5) is 11.6 Å². The van der Waals surface area contributed by atoms with Crippen LogP contribution in [-0.2, 0) is 0 Å². The largest absolute Gasteiger partial charge is 0.354 e. The van der Waals surface area contributed by atoms with Crippen LogP contribution in [0.1, 0.15) is 49.7 Å². The van der Waals surface area contributed by atoms with Crippen LogP contribution in [0.2, 0.25) is 0 Å². The first-order chi connectivity index (χ1) is 11.0. The third kappa shape index (κ3) is 5.06. The van der Waals surface area contributed by atoms with Gasteiger partial charge in [-0.25, -0.2) is 9.97 Å². The lowest BCUT2D eigenvalue weighted by Crippen LogP contribution is -2.16. The molecule has 1 amide bonds. The fraction of sp³-hybridized carbons (Fsp3) is 0.389. The highest BCUT2D eigenvalue weighted by Crippen LogP contribution is 2.17. The molecule has 0 saturated carbocycles. The minimum Gasteiger partial charge on any atom is -0.354 e. The van der Waals surface area contributed by atoms with Gasteiger partial charge in [-0.2, -0.15) is 0 Å². The molecule has 0 aliphatic heterocycles. The van der Waals surface area contributed by atoms with Gasteiger partial charge in [-0.15, -0.1) is 0 Å². The summed E-state index contributed by atoms with van der Waals surface area (Å²) in [5.41, 5.74) is 2.35.